The highest BCUT2D eigenvalue weighted by Crippen LogP contribution is 2.09. The summed E-state index contributed by atoms with van der Waals surface area (Å²) < 4.78 is 0. The molecule has 2 aromatic carbocycles. The number of rotatable bonds is 4. The number of hydrogen-bond acceptors (Lipinski definition) is 2. The Morgan fingerprint density at radius 2 is 1.79 bits per heavy atom. The summed E-state index contributed by atoms with van der Waals surface area (Å²) in [6, 6.07) is 18.4. The second-order valence-corrected chi connectivity index (χ2v) is 4.41. The van der Waals surface area contributed by atoms with Gasteiger partial charge in [0.2, 0.25) is 0 Å². The van der Waals surface area contributed by atoms with Crippen molar-refractivity contribution in [3.05, 3.63) is 66.0 Å². The summed E-state index contributed by atoms with van der Waals surface area (Å²) in [6.07, 6.45) is 2.76. The van der Waals surface area contributed by atoms with Crippen LogP contribution in [0.1, 0.15) is 11.4 Å². The summed E-state index contributed by atoms with van der Waals surface area (Å²) >= 11 is 0. The van der Waals surface area contributed by atoms with E-state index in [4.69, 9.17) is 0 Å². The summed E-state index contributed by atoms with van der Waals surface area (Å²) in [5.74, 6) is 0.814. The van der Waals surface area contributed by atoms with Crippen LogP contribution in [0.15, 0.2) is 59.6 Å². The highest BCUT2D eigenvalue weighted by atomic mass is 14.9. The first-order chi connectivity index (χ1) is 9.42. The molecular weight excluding hydrogens is 234 g/mol. The second kappa shape index (κ2) is 5.48. The lowest BCUT2D eigenvalue weighted by molar-refractivity contribution is 0.971. The van der Waals surface area contributed by atoms with Crippen molar-refractivity contribution in [1.82, 2.24) is 9.97 Å². The molecule has 0 bridgehead atoms. The van der Waals surface area contributed by atoms with Crippen LogP contribution in [0, 0.1) is 0 Å². The third-order valence-corrected chi connectivity index (χ3v) is 2.99. The molecule has 0 aliphatic carbocycles. The maximum absolute atomic E-state index is 4.45. The van der Waals surface area contributed by atoms with Crippen LogP contribution in [-0.4, -0.2) is 22.7 Å². The Balaban J connectivity index is 1.63. The van der Waals surface area contributed by atoms with E-state index in [1.54, 1.807) is 0 Å². The van der Waals surface area contributed by atoms with Gasteiger partial charge in [0, 0.05) is 6.54 Å². The first kappa shape index (κ1) is 11.7. The molecule has 0 unspecified atom stereocenters. The van der Waals surface area contributed by atoms with Crippen LogP contribution in [0.2, 0.25) is 0 Å². The number of aromatic nitrogens is 2. The molecule has 0 aliphatic heterocycles. The van der Waals surface area contributed by atoms with Gasteiger partial charge in [-0.05, 0) is 24.1 Å². The third-order valence-electron chi connectivity index (χ3n) is 2.99. The standard InChI is InChI=1S/C16H15N3/c1-2-6-13(7-3-1)10-11-17-12-16-18-14-8-4-5-9-15(14)19-16/h1-9,12H,10-11H2,(H,18,19). The van der Waals surface area contributed by atoms with Crippen molar-refractivity contribution in [2.45, 2.75) is 6.42 Å². The van der Waals surface area contributed by atoms with Crippen LogP contribution >= 0.6 is 0 Å². The lowest BCUT2D eigenvalue weighted by atomic mass is 10.2. The maximum atomic E-state index is 4.45. The quantitative estimate of drug-likeness (QED) is 0.709. The number of nitrogens with one attached hydrogen (secondary N) is 1. The van der Waals surface area contributed by atoms with E-state index >= 15 is 0 Å². The normalized spacial score (nSPS) is 11.4. The molecule has 3 rings (SSSR count). The zero-order chi connectivity index (χ0) is 12.9. The number of para-hydroxylation sites is 2. The van der Waals surface area contributed by atoms with Crippen LogP contribution in [-0.2, 0) is 6.42 Å². The fraction of sp³-hybridized carbons (Fsp3) is 0.125. The smallest absolute Gasteiger partial charge is 0.149 e. The number of hydrogen-bond donors (Lipinski definition) is 1. The minimum Gasteiger partial charge on any atom is -0.337 e. The first-order valence-electron chi connectivity index (χ1n) is 6.40. The van der Waals surface area contributed by atoms with Crippen molar-refractivity contribution < 1.29 is 0 Å². The van der Waals surface area contributed by atoms with Gasteiger partial charge >= 0.3 is 0 Å². The number of aliphatic imine (C=N–C) groups is 1. The molecule has 94 valence electrons. The minimum absolute atomic E-state index is 0.779. The van der Waals surface area contributed by atoms with Gasteiger partial charge in [0.05, 0.1) is 17.2 Å². The Labute approximate surface area is 112 Å². The van der Waals surface area contributed by atoms with Gasteiger partial charge in [0.25, 0.3) is 0 Å². The molecule has 19 heavy (non-hydrogen) atoms. The van der Waals surface area contributed by atoms with Crippen molar-refractivity contribution in [3.8, 4) is 0 Å². The van der Waals surface area contributed by atoms with Gasteiger partial charge in [-0.25, -0.2) is 4.98 Å². The SMILES string of the molecule is C(=NCCc1ccccc1)c1nc2ccccc2[nH]1. The average molecular weight is 249 g/mol. The highest BCUT2D eigenvalue weighted by Gasteiger charge is 1.98. The molecule has 0 aliphatic rings. The number of imidazole rings is 1. The van der Waals surface area contributed by atoms with Gasteiger partial charge in [0.1, 0.15) is 5.82 Å². The molecule has 1 aromatic heterocycles. The molecule has 0 amide bonds. The number of benzene rings is 2. The van der Waals surface area contributed by atoms with Gasteiger partial charge in [-0.2, -0.15) is 0 Å². The number of fused-ring (bicyclic) bond motifs is 1. The summed E-state index contributed by atoms with van der Waals surface area (Å²) in [6.45, 7) is 0.779. The van der Waals surface area contributed by atoms with Crippen molar-refractivity contribution in [2.75, 3.05) is 6.54 Å². The van der Waals surface area contributed by atoms with Crippen LogP contribution in [0.25, 0.3) is 11.0 Å². The lowest BCUT2D eigenvalue weighted by Gasteiger charge is -1.95. The van der Waals surface area contributed by atoms with Gasteiger partial charge in [-0.15, -0.1) is 0 Å². The Morgan fingerprint density at radius 3 is 2.63 bits per heavy atom. The van der Waals surface area contributed by atoms with Crippen molar-refractivity contribution >= 4 is 17.2 Å². The average Bonchev–Trinajstić information content (AvgIpc) is 2.87. The number of nitrogens with zero attached hydrogens (tertiary/aromatic N) is 2. The Bertz CT molecular complexity index is 650. The molecule has 0 radical (unpaired) electrons. The lowest BCUT2D eigenvalue weighted by Crippen LogP contribution is -1.91. The Hall–Kier alpha value is -2.42. The van der Waals surface area contributed by atoms with E-state index in [1.807, 2.05) is 36.5 Å². The summed E-state index contributed by atoms with van der Waals surface area (Å²) in [4.78, 5) is 12.1. The van der Waals surface area contributed by atoms with Crippen molar-refractivity contribution in [1.29, 1.82) is 0 Å². The molecule has 1 N–H and O–H groups in total. The Morgan fingerprint density at radius 1 is 1.00 bits per heavy atom. The third kappa shape index (κ3) is 2.88. The van der Waals surface area contributed by atoms with E-state index in [1.165, 1.54) is 5.56 Å². The van der Waals surface area contributed by atoms with Crippen LogP contribution < -0.4 is 0 Å². The second-order valence-electron chi connectivity index (χ2n) is 4.41. The monoisotopic (exact) mass is 249 g/mol. The van der Waals surface area contributed by atoms with Gasteiger partial charge in [-0.3, -0.25) is 4.99 Å². The van der Waals surface area contributed by atoms with Gasteiger partial charge in [-0.1, -0.05) is 42.5 Å². The van der Waals surface area contributed by atoms with E-state index in [0.29, 0.717) is 0 Å². The summed E-state index contributed by atoms with van der Waals surface area (Å²) in [5.41, 5.74) is 3.34. The van der Waals surface area contributed by atoms with Crippen LogP contribution in [0.5, 0.6) is 0 Å². The van der Waals surface area contributed by atoms with Gasteiger partial charge in [0.15, 0.2) is 0 Å². The molecule has 0 saturated heterocycles. The predicted octanol–water partition coefficient (Wildman–Crippen LogP) is 3.22. The summed E-state index contributed by atoms with van der Waals surface area (Å²) in [7, 11) is 0. The van der Waals surface area contributed by atoms with E-state index < -0.39 is 0 Å². The Kier molecular flexibility index (Phi) is 3.36. The molecule has 0 fully saturated rings. The van der Waals surface area contributed by atoms with Crippen LogP contribution in [0.3, 0.4) is 0 Å². The van der Waals surface area contributed by atoms with Crippen LogP contribution in [0.4, 0.5) is 0 Å². The molecule has 0 spiro atoms. The van der Waals surface area contributed by atoms with E-state index in [2.05, 4.69) is 39.2 Å². The van der Waals surface area contributed by atoms with Crippen molar-refractivity contribution in [3.63, 3.8) is 0 Å². The largest absolute Gasteiger partial charge is 0.337 e. The molecule has 3 nitrogen and oxygen atoms in total. The zero-order valence-corrected chi connectivity index (χ0v) is 10.6. The predicted molar refractivity (Wildman–Crippen MR) is 78.7 cm³/mol. The fourth-order valence-corrected chi connectivity index (χ4v) is 2.02. The van der Waals surface area contributed by atoms with E-state index in [9.17, 15) is 0 Å². The number of aromatic amines is 1. The molecule has 3 heteroatoms. The minimum atomic E-state index is 0.779. The maximum Gasteiger partial charge on any atom is 0.149 e. The van der Waals surface area contributed by atoms with Crippen molar-refractivity contribution in [2.24, 2.45) is 4.99 Å². The van der Waals surface area contributed by atoms with E-state index in [0.717, 1.165) is 29.8 Å². The molecular formula is C16H15N3. The zero-order valence-electron chi connectivity index (χ0n) is 10.6. The number of H-pyrrole nitrogens is 1. The molecule has 0 saturated carbocycles. The first-order valence-corrected chi connectivity index (χ1v) is 6.40. The van der Waals surface area contributed by atoms with E-state index in [-0.39, 0.29) is 0 Å². The van der Waals surface area contributed by atoms with Gasteiger partial charge < -0.3 is 4.98 Å². The summed E-state index contributed by atoms with van der Waals surface area (Å²) in [5, 5.41) is 0. The molecule has 1 heterocycles. The molecule has 3 aromatic rings. The molecule has 0 atom stereocenters. The fourth-order valence-electron chi connectivity index (χ4n) is 2.02. The highest BCUT2D eigenvalue weighted by molar-refractivity contribution is 5.83. The topological polar surface area (TPSA) is 41.0 Å².